The lowest BCUT2D eigenvalue weighted by atomic mass is 9.73. The van der Waals surface area contributed by atoms with Gasteiger partial charge in [-0.1, -0.05) is 36.4 Å². The Balaban J connectivity index is 2.05. The van der Waals surface area contributed by atoms with E-state index < -0.39 is 17.0 Å². The average molecular weight is 270 g/mol. The Morgan fingerprint density at radius 1 is 1.25 bits per heavy atom. The van der Waals surface area contributed by atoms with Crippen LogP contribution in [0, 0.1) is 5.41 Å². The van der Waals surface area contributed by atoms with Crippen molar-refractivity contribution in [2.75, 3.05) is 6.61 Å². The molecule has 1 aromatic rings. The summed E-state index contributed by atoms with van der Waals surface area (Å²) in [5.74, 6) is -0.643. The summed E-state index contributed by atoms with van der Waals surface area (Å²) in [5, 5.41) is 0. The van der Waals surface area contributed by atoms with Crippen molar-refractivity contribution in [3.63, 3.8) is 0 Å². The number of carbonyl (C=O) groups is 2. The summed E-state index contributed by atoms with van der Waals surface area (Å²) in [4.78, 5) is 24.5. The molecule has 0 bridgehead atoms. The van der Waals surface area contributed by atoms with Gasteiger partial charge in [-0.15, -0.1) is 6.58 Å². The van der Waals surface area contributed by atoms with E-state index in [1.54, 1.807) is 13.0 Å². The number of cyclic esters (lactones) is 1. The van der Waals surface area contributed by atoms with Crippen LogP contribution in [0.1, 0.15) is 12.5 Å². The Morgan fingerprint density at radius 2 is 1.95 bits per heavy atom. The minimum Gasteiger partial charge on any atom is -0.465 e. The van der Waals surface area contributed by atoms with Crippen molar-refractivity contribution in [1.82, 2.24) is 0 Å². The number of hydrogen-bond acceptors (Lipinski definition) is 4. The van der Waals surface area contributed by atoms with Crippen LogP contribution < -0.4 is 0 Å². The molecule has 0 amide bonds. The molecular weight excluding hydrogens is 256 g/mol. The maximum absolute atomic E-state index is 12.4. The summed E-state index contributed by atoms with van der Waals surface area (Å²) in [6.45, 7) is 5.55. The van der Waals surface area contributed by atoms with Crippen molar-refractivity contribution >= 4 is 17.5 Å². The van der Waals surface area contributed by atoms with Gasteiger partial charge in [-0.05, 0) is 6.92 Å². The molecule has 2 aliphatic heterocycles. The van der Waals surface area contributed by atoms with Crippen molar-refractivity contribution in [2.24, 2.45) is 5.41 Å². The minimum absolute atomic E-state index is 0.0942. The van der Waals surface area contributed by atoms with E-state index in [4.69, 9.17) is 9.47 Å². The molecule has 3 rings (SSSR count). The van der Waals surface area contributed by atoms with E-state index >= 15 is 0 Å². The zero-order valence-corrected chi connectivity index (χ0v) is 11.1. The van der Waals surface area contributed by atoms with Crippen molar-refractivity contribution in [3.8, 4) is 0 Å². The SMILES string of the molecule is C=C[C@]1(C)COC(=O)[C@]12OC(c1ccccc1)=CC2=O. The highest BCUT2D eigenvalue weighted by Gasteiger charge is 2.68. The Kier molecular flexibility index (Phi) is 2.57. The van der Waals surface area contributed by atoms with E-state index in [0.29, 0.717) is 5.76 Å². The predicted molar refractivity (Wildman–Crippen MR) is 72.5 cm³/mol. The van der Waals surface area contributed by atoms with Gasteiger partial charge in [0.05, 0.1) is 5.41 Å². The standard InChI is InChI=1S/C16H14O4/c1-3-15(2)10-19-14(18)16(15)13(17)9-12(20-16)11-7-5-4-6-8-11/h3-9H,1,10H2,2H3/t15-,16+/m1/s1. The van der Waals surface area contributed by atoms with E-state index in [9.17, 15) is 9.59 Å². The molecule has 2 atom stereocenters. The molecular formula is C16H14O4. The molecule has 1 fully saturated rings. The van der Waals surface area contributed by atoms with Crippen molar-refractivity contribution in [2.45, 2.75) is 12.5 Å². The number of esters is 1. The fourth-order valence-electron chi connectivity index (χ4n) is 2.60. The van der Waals surface area contributed by atoms with E-state index in [1.807, 2.05) is 30.3 Å². The van der Waals surface area contributed by atoms with Crippen LogP contribution in [-0.2, 0) is 19.1 Å². The van der Waals surface area contributed by atoms with Gasteiger partial charge in [0.2, 0.25) is 5.78 Å². The van der Waals surface area contributed by atoms with Gasteiger partial charge in [-0.3, -0.25) is 4.79 Å². The van der Waals surface area contributed by atoms with Crippen LogP contribution in [0.15, 0.2) is 49.1 Å². The van der Waals surface area contributed by atoms with E-state index in [2.05, 4.69) is 6.58 Å². The quantitative estimate of drug-likeness (QED) is 0.469. The number of ether oxygens (including phenoxy) is 2. The van der Waals surface area contributed by atoms with Crippen LogP contribution in [0.3, 0.4) is 0 Å². The lowest BCUT2D eigenvalue weighted by Gasteiger charge is -2.31. The third-order valence-corrected chi connectivity index (χ3v) is 3.98. The van der Waals surface area contributed by atoms with Gasteiger partial charge in [0, 0.05) is 11.6 Å². The zero-order valence-electron chi connectivity index (χ0n) is 11.1. The topological polar surface area (TPSA) is 52.6 Å². The molecule has 0 aromatic heterocycles. The molecule has 2 aliphatic rings. The third kappa shape index (κ3) is 1.42. The summed E-state index contributed by atoms with van der Waals surface area (Å²) in [5.41, 5.74) is -1.74. The Hall–Kier alpha value is -2.36. The van der Waals surface area contributed by atoms with Gasteiger partial charge >= 0.3 is 5.97 Å². The Labute approximate surface area is 116 Å². The normalized spacial score (nSPS) is 31.9. The molecule has 0 N–H and O–H groups in total. The second kappa shape index (κ2) is 4.07. The van der Waals surface area contributed by atoms with Crippen molar-refractivity contribution in [1.29, 1.82) is 0 Å². The predicted octanol–water partition coefficient (Wildman–Crippen LogP) is 2.11. The summed E-state index contributed by atoms with van der Waals surface area (Å²) >= 11 is 0. The lowest BCUT2D eigenvalue weighted by Crippen LogP contribution is -2.52. The van der Waals surface area contributed by atoms with Crippen molar-refractivity contribution in [3.05, 3.63) is 54.6 Å². The molecule has 0 radical (unpaired) electrons. The maximum Gasteiger partial charge on any atom is 0.359 e. The van der Waals surface area contributed by atoms with Gasteiger partial charge in [-0.2, -0.15) is 0 Å². The fraction of sp³-hybridized carbons (Fsp3) is 0.250. The number of ketones is 1. The summed E-state index contributed by atoms with van der Waals surface area (Å²) < 4.78 is 10.9. The second-order valence-electron chi connectivity index (χ2n) is 5.22. The largest absolute Gasteiger partial charge is 0.465 e. The molecule has 1 spiro atoms. The maximum atomic E-state index is 12.4. The van der Waals surface area contributed by atoms with Crippen LogP contribution >= 0.6 is 0 Å². The molecule has 2 heterocycles. The van der Waals surface area contributed by atoms with Crippen LogP contribution in [0.25, 0.3) is 5.76 Å². The first kappa shape index (κ1) is 12.7. The lowest BCUT2D eigenvalue weighted by molar-refractivity contribution is -0.158. The highest BCUT2D eigenvalue weighted by Crippen LogP contribution is 2.49. The van der Waals surface area contributed by atoms with Gasteiger partial charge in [0.25, 0.3) is 5.60 Å². The van der Waals surface area contributed by atoms with Crippen LogP contribution in [0.5, 0.6) is 0 Å². The number of carbonyl (C=O) groups excluding carboxylic acids is 2. The Bertz CT molecular complexity index is 631. The first-order valence-corrected chi connectivity index (χ1v) is 6.35. The summed E-state index contributed by atoms with van der Waals surface area (Å²) in [7, 11) is 0. The van der Waals surface area contributed by atoms with Crippen LogP contribution in [0.2, 0.25) is 0 Å². The highest BCUT2D eigenvalue weighted by molar-refractivity contribution is 6.19. The van der Waals surface area contributed by atoms with Gasteiger partial charge in [0.1, 0.15) is 12.4 Å². The molecule has 0 unspecified atom stereocenters. The molecule has 0 aliphatic carbocycles. The molecule has 1 aromatic carbocycles. The summed E-state index contributed by atoms with van der Waals surface area (Å²) in [6, 6.07) is 9.20. The van der Waals surface area contributed by atoms with E-state index in [0.717, 1.165) is 5.56 Å². The molecule has 4 nitrogen and oxygen atoms in total. The zero-order chi connectivity index (χ0) is 14.4. The van der Waals surface area contributed by atoms with Crippen LogP contribution in [-0.4, -0.2) is 24.0 Å². The molecule has 1 saturated heterocycles. The fourth-order valence-corrected chi connectivity index (χ4v) is 2.60. The van der Waals surface area contributed by atoms with E-state index in [-0.39, 0.29) is 12.4 Å². The minimum atomic E-state index is -1.63. The summed E-state index contributed by atoms with van der Waals surface area (Å²) in [6.07, 6.45) is 2.92. The first-order valence-electron chi connectivity index (χ1n) is 6.35. The second-order valence-corrected chi connectivity index (χ2v) is 5.22. The third-order valence-electron chi connectivity index (χ3n) is 3.98. The number of hydrogen-bond donors (Lipinski definition) is 0. The number of rotatable bonds is 2. The van der Waals surface area contributed by atoms with Gasteiger partial charge in [0.15, 0.2) is 0 Å². The molecule has 0 saturated carbocycles. The highest BCUT2D eigenvalue weighted by atomic mass is 16.6. The van der Waals surface area contributed by atoms with E-state index in [1.165, 1.54) is 6.08 Å². The van der Waals surface area contributed by atoms with Gasteiger partial charge < -0.3 is 9.47 Å². The average Bonchev–Trinajstić information content (AvgIpc) is 2.95. The first-order chi connectivity index (χ1) is 9.53. The monoisotopic (exact) mass is 270 g/mol. The smallest absolute Gasteiger partial charge is 0.359 e. The van der Waals surface area contributed by atoms with Gasteiger partial charge in [-0.25, -0.2) is 4.79 Å². The number of benzene rings is 1. The Morgan fingerprint density at radius 3 is 2.60 bits per heavy atom. The van der Waals surface area contributed by atoms with Crippen LogP contribution in [0.4, 0.5) is 0 Å². The molecule has 4 heteroatoms. The molecule has 102 valence electrons. The van der Waals surface area contributed by atoms with Crippen molar-refractivity contribution < 1.29 is 19.1 Å². The molecule has 20 heavy (non-hydrogen) atoms.